The summed E-state index contributed by atoms with van der Waals surface area (Å²) < 4.78 is 22.5. The molecule has 6 rings (SSSR count). The van der Waals surface area contributed by atoms with Gasteiger partial charge in [0.15, 0.2) is 0 Å². The van der Waals surface area contributed by atoms with Crippen LogP contribution in [0.4, 0.5) is 0 Å². The van der Waals surface area contributed by atoms with Gasteiger partial charge >= 0.3 is 150 Å². The second-order valence-electron chi connectivity index (χ2n) is 6.63. The van der Waals surface area contributed by atoms with Crippen LogP contribution in [0.3, 0.4) is 0 Å². The fourth-order valence-electron chi connectivity index (χ4n) is 2.49. The number of hydrogen-bond acceptors (Lipinski definition) is 2. The molecule has 0 amide bonds. The monoisotopic (exact) mass is 794 g/mol. The van der Waals surface area contributed by atoms with Crippen molar-refractivity contribution in [3.05, 3.63) is 182 Å². The fourth-order valence-corrected chi connectivity index (χ4v) is 6.27. The van der Waals surface area contributed by atoms with Crippen LogP contribution in [0.2, 0.25) is 0 Å². The van der Waals surface area contributed by atoms with Crippen LogP contribution in [0.5, 0.6) is 0 Å². The molecule has 0 aliphatic carbocycles. The van der Waals surface area contributed by atoms with Crippen molar-refractivity contribution < 1.29 is 40.3 Å². The number of rotatable bonds is 2. The van der Waals surface area contributed by atoms with Crippen LogP contribution in [-0.2, 0) is 40.3 Å². The first-order chi connectivity index (χ1) is 17.9. The van der Waals surface area contributed by atoms with Crippen molar-refractivity contribution in [3.8, 4) is 0 Å². The third kappa shape index (κ3) is 21.1. The Morgan fingerprint density at radius 1 is 0.500 bits per heavy atom. The molecule has 0 saturated heterocycles. The molecule has 0 saturated carbocycles. The first-order valence-electron chi connectivity index (χ1n) is 11.1. The Labute approximate surface area is 269 Å². The Balaban J connectivity index is 0. The SMILES string of the molecule is [Fe+2].[Fe+2].[O]=[Sn].[O]=[Sn]([c]1ccccc1)[c]1ccccc1.[c-]1[c-][c-][cH-][c-]1.c1cc[cH-]c1.c1cc[cH-]c1.c1cc[cH-]c1. The maximum Gasteiger partial charge on any atom is -0.172 e. The zero-order valence-corrected chi connectivity index (χ0v) is 28.5. The predicted molar refractivity (Wildman–Crippen MR) is 149 cm³/mol. The van der Waals surface area contributed by atoms with E-state index in [1.807, 2.05) is 152 Å². The summed E-state index contributed by atoms with van der Waals surface area (Å²) in [6, 6.07) is 61.5. The summed E-state index contributed by atoms with van der Waals surface area (Å²) in [5.74, 6) is 0. The zero-order chi connectivity index (χ0) is 25.9. The second-order valence-corrected chi connectivity index (χ2v) is 11.8. The molecular weight excluding hydrogens is 765 g/mol. The van der Waals surface area contributed by atoms with Gasteiger partial charge in [0, 0.05) is 0 Å². The molecular formula is C32H26Fe2O2Sn2-4. The van der Waals surface area contributed by atoms with E-state index >= 15 is 0 Å². The quantitative estimate of drug-likeness (QED) is 0.171. The summed E-state index contributed by atoms with van der Waals surface area (Å²) in [6.45, 7) is 0. The first-order valence-corrected chi connectivity index (χ1v) is 16.2. The third-order valence-corrected chi connectivity index (χ3v) is 8.99. The van der Waals surface area contributed by atoms with Crippen molar-refractivity contribution in [1.29, 1.82) is 0 Å². The molecule has 0 bridgehead atoms. The largest absolute Gasteiger partial charge is 0.999 e. The Kier molecular flexibility index (Phi) is 29.8. The molecule has 2 radical (unpaired) electrons. The van der Waals surface area contributed by atoms with Crippen molar-refractivity contribution in [2.75, 3.05) is 0 Å². The Hall–Kier alpha value is -1.92. The summed E-state index contributed by atoms with van der Waals surface area (Å²) in [6.07, 6.45) is 0. The molecule has 0 aromatic heterocycles. The molecule has 194 valence electrons. The zero-order valence-electron chi connectivity index (χ0n) is 20.5. The van der Waals surface area contributed by atoms with Gasteiger partial charge in [0.1, 0.15) is 0 Å². The maximum atomic E-state index is 12.1. The van der Waals surface area contributed by atoms with Crippen LogP contribution in [0.25, 0.3) is 0 Å². The summed E-state index contributed by atoms with van der Waals surface area (Å²) in [5, 5.41) is 0. The van der Waals surface area contributed by atoms with E-state index in [-0.39, 0.29) is 34.1 Å². The molecule has 0 N–H and O–H groups in total. The molecule has 0 atom stereocenters. The van der Waals surface area contributed by atoms with E-state index in [0.717, 1.165) is 7.16 Å². The minimum Gasteiger partial charge on any atom is -0.999 e. The van der Waals surface area contributed by atoms with Crippen molar-refractivity contribution in [2.24, 2.45) is 0 Å². The molecule has 6 aromatic rings. The molecule has 0 fully saturated rings. The predicted octanol–water partition coefficient (Wildman–Crippen LogP) is 5.54. The molecule has 0 aliphatic rings. The van der Waals surface area contributed by atoms with Crippen LogP contribution in [0, 0.1) is 24.3 Å². The van der Waals surface area contributed by atoms with Gasteiger partial charge in [0.2, 0.25) is 0 Å². The molecule has 0 unspecified atom stereocenters. The van der Waals surface area contributed by atoms with E-state index in [1.54, 1.807) is 6.07 Å². The number of benzene rings is 2. The van der Waals surface area contributed by atoms with Crippen LogP contribution in [0.1, 0.15) is 0 Å². The standard InChI is InChI=1S/2C6H5.3C5H5.C5H.2Fe.2O.2Sn/c2*1-2-4-6-5-3-1;4*1-2-4-5-3-1;;;;;;/h2*1-5H;3*1-5H;1H;;;;;;/q;;3*-1;-5;2*+2;;;;. The van der Waals surface area contributed by atoms with Gasteiger partial charge in [-0.1, -0.05) is 0 Å². The van der Waals surface area contributed by atoms with Crippen molar-refractivity contribution in [1.82, 2.24) is 0 Å². The molecule has 0 aliphatic heterocycles. The second kappa shape index (κ2) is 29.6. The van der Waals surface area contributed by atoms with Crippen molar-refractivity contribution in [2.45, 2.75) is 0 Å². The fraction of sp³-hybridized carbons (Fsp3) is 0. The van der Waals surface area contributed by atoms with Crippen molar-refractivity contribution in [3.63, 3.8) is 0 Å². The van der Waals surface area contributed by atoms with Crippen LogP contribution < -0.4 is 7.16 Å². The van der Waals surface area contributed by atoms with Crippen molar-refractivity contribution >= 4 is 49.4 Å². The van der Waals surface area contributed by atoms with Crippen LogP contribution >= 0.6 is 0 Å². The molecule has 6 heteroatoms. The van der Waals surface area contributed by atoms with Gasteiger partial charge in [-0.05, 0) is 0 Å². The van der Waals surface area contributed by atoms with E-state index < -0.39 is 19.7 Å². The van der Waals surface area contributed by atoms with Gasteiger partial charge in [0.05, 0.1) is 0 Å². The first kappa shape index (κ1) is 38.2. The minimum absolute atomic E-state index is 0. The summed E-state index contributed by atoms with van der Waals surface area (Å²) in [4.78, 5) is 0. The van der Waals surface area contributed by atoms with Crippen LogP contribution in [0.15, 0.2) is 158 Å². The number of hydrogen-bond donors (Lipinski definition) is 0. The molecule has 6 aromatic carbocycles. The van der Waals surface area contributed by atoms with Gasteiger partial charge in [-0.2, -0.15) is 54.6 Å². The average molecular weight is 792 g/mol. The average Bonchev–Trinajstić information content (AvgIpc) is 3.82. The summed E-state index contributed by atoms with van der Waals surface area (Å²) in [5.41, 5.74) is 0. The van der Waals surface area contributed by atoms with Gasteiger partial charge in [-0.15, -0.1) is 0 Å². The van der Waals surface area contributed by atoms with Gasteiger partial charge in [0.25, 0.3) is 0 Å². The van der Waals surface area contributed by atoms with Crippen LogP contribution in [-0.4, -0.2) is 42.3 Å². The van der Waals surface area contributed by atoms with E-state index in [2.05, 4.69) is 24.3 Å². The molecule has 38 heavy (non-hydrogen) atoms. The topological polar surface area (TPSA) is 34.1 Å². The van der Waals surface area contributed by atoms with E-state index in [9.17, 15) is 3.08 Å². The Morgan fingerprint density at radius 2 is 0.789 bits per heavy atom. The van der Waals surface area contributed by atoms with Gasteiger partial charge in [-0.25, -0.2) is 36.4 Å². The normalized spacial score (nSPS) is 7.89. The van der Waals surface area contributed by atoms with Gasteiger partial charge in [-0.3, -0.25) is 0 Å². The Bertz CT molecular complexity index is 942. The molecule has 2 nitrogen and oxygen atoms in total. The maximum absolute atomic E-state index is 12.1. The third-order valence-electron chi connectivity index (χ3n) is 4.09. The minimum atomic E-state index is -2.75. The smallest absolute Gasteiger partial charge is 0.172 e. The molecule has 0 spiro atoms. The Morgan fingerprint density at radius 3 is 0.974 bits per heavy atom. The van der Waals surface area contributed by atoms with E-state index in [1.165, 1.54) is 0 Å². The van der Waals surface area contributed by atoms with E-state index in [4.69, 9.17) is 3.08 Å². The van der Waals surface area contributed by atoms with Gasteiger partial charge < -0.3 is 30.3 Å². The summed E-state index contributed by atoms with van der Waals surface area (Å²) >= 11 is -2.45. The summed E-state index contributed by atoms with van der Waals surface area (Å²) in [7, 11) is 0. The van der Waals surface area contributed by atoms with E-state index in [0.29, 0.717) is 22.5 Å². The molecule has 0 heterocycles.